The van der Waals surface area contributed by atoms with E-state index in [0.29, 0.717) is 12.5 Å². The molecule has 0 unspecified atom stereocenters. The first-order chi connectivity index (χ1) is 10.5. The molecule has 7 heteroatoms. The van der Waals surface area contributed by atoms with Gasteiger partial charge in [0.15, 0.2) is 0 Å². The molecule has 116 valence electrons. The van der Waals surface area contributed by atoms with Gasteiger partial charge in [-0.2, -0.15) is 14.8 Å². The molecule has 1 aliphatic rings. The molecule has 1 aromatic carbocycles. The summed E-state index contributed by atoms with van der Waals surface area (Å²) >= 11 is 0. The van der Waals surface area contributed by atoms with E-state index < -0.39 is 15.8 Å². The standard InChI is InChI=1S/C15H16FN3O2S/c16-15-6-5-14(9-13(15)10-18)22(20,21)19(8-2-7-17)11-12-3-1-4-12/h5-6,9,12H,1-4,8,11H2. The molecule has 0 N–H and O–H groups in total. The van der Waals surface area contributed by atoms with E-state index in [1.807, 2.05) is 6.07 Å². The zero-order valence-electron chi connectivity index (χ0n) is 12.0. The Kier molecular flexibility index (Phi) is 5.12. The molecule has 0 aliphatic heterocycles. The van der Waals surface area contributed by atoms with Crippen LogP contribution >= 0.6 is 0 Å². The van der Waals surface area contributed by atoms with Gasteiger partial charge in [0.2, 0.25) is 10.0 Å². The molecule has 0 bridgehead atoms. The number of hydrogen-bond donors (Lipinski definition) is 0. The Morgan fingerprint density at radius 3 is 2.59 bits per heavy atom. The molecule has 22 heavy (non-hydrogen) atoms. The van der Waals surface area contributed by atoms with Gasteiger partial charge >= 0.3 is 0 Å². The van der Waals surface area contributed by atoms with E-state index in [1.165, 1.54) is 4.31 Å². The third-order valence-electron chi connectivity index (χ3n) is 3.86. The zero-order valence-corrected chi connectivity index (χ0v) is 12.8. The topological polar surface area (TPSA) is 85.0 Å². The van der Waals surface area contributed by atoms with E-state index in [1.54, 1.807) is 6.07 Å². The van der Waals surface area contributed by atoms with Crippen LogP contribution in [-0.4, -0.2) is 25.8 Å². The summed E-state index contributed by atoms with van der Waals surface area (Å²) in [7, 11) is -3.83. The Hall–Kier alpha value is -1.96. The molecule has 0 radical (unpaired) electrons. The Morgan fingerprint density at radius 1 is 1.32 bits per heavy atom. The minimum Gasteiger partial charge on any atom is -0.207 e. The van der Waals surface area contributed by atoms with Gasteiger partial charge in [0.25, 0.3) is 0 Å². The van der Waals surface area contributed by atoms with Crippen molar-refractivity contribution in [1.82, 2.24) is 4.31 Å². The van der Waals surface area contributed by atoms with Crippen LogP contribution in [0.15, 0.2) is 23.1 Å². The molecule has 1 saturated carbocycles. The van der Waals surface area contributed by atoms with Crippen LogP contribution in [0.5, 0.6) is 0 Å². The SMILES string of the molecule is N#CCCN(CC1CCC1)S(=O)(=O)c1ccc(F)c(C#N)c1. The molecule has 0 atom stereocenters. The number of rotatable bonds is 6. The molecule has 5 nitrogen and oxygen atoms in total. The highest BCUT2D eigenvalue weighted by molar-refractivity contribution is 7.89. The van der Waals surface area contributed by atoms with Crippen LogP contribution in [0.4, 0.5) is 4.39 Å². The molecule has 0 spiro atoms. The van der Waals surface area contributed by atoms with Crippen molar-refractivity contribution in [2.75, 3.05) is 13.1 Å². The fourth-order valence-electron chi connectivity index (χ4n) is 2.35. The first-order valence-corrected chi connectivity index (χ1v) is 8.50. The van der Waals surface area contributed by atoms with Crippen molar-refractivity contribution in [2.45, 2.75) is 30.6 Å². The zero-order chi connectivity index (χ0) is 16.2. The Bertz CT molecular complexity index is 730. The average molecular weight is 321 g/mol. The molecular formula is C15H16FN3O2S. The second-order valence-electron chi connectivity index (χ2n) is 5.32. The minimum atomic E-state index is -3.83. The highest BCUT2D eigenvalue weighted by Gasteiger charge is 2.29. The molecule has 1 fully saturated rings. The number of halogens is 1. The molecule has 1 aromatic rings. The van der Waals surface area contributed by atoms with Crippen LogP contribution in [0.25, 0.3) is 0 Å². The van der Waals surface area contributed by atoms with Gasteiger partial charge in [-0.3, -0.25) is 0 Å². The summed E-state index contributed by atoms with van der Waals surface area (Å²) in [4.78, 5) is -0.109. The minimum absolute atomic E-state index is 0.0955. The van der Waals surface area contributed by atoms with Gasteiger partial charge in [0.1, 0.15) is 11.9 Å². The first-order valence-electron chi connectivity index (χ1n) is 7.06. The molecule has 0 saturated heterocycles. The maximum absolute atomic E-state index is 13.4. The monoisotopic (exact) mass is 321 g/mol. The fourth-order valence-corrected chi connectivity index (χ4v) is 3.89. The number of benzene rings is 1. The van der Waals surface area contributed by atoms with E-state index >= 15 is 0 Å². The van der Waals surface area contributed by atoms with Gasteiger partial charge in [-0.05, 0) is 37.0 Å². The van der Waals surface area contributed by atoms with Gasteiger partial charge in [0.05, 0.1) is 16.5 Å². The van der Waals surface area contributed by atoms with E-state index in [-0.39, 0.29) is 23.4 Å². The van der Waals surface area contributed by atoms with Gasteiger partial charge in [0, 0.05) is 19.5 Å². The lowest BCUT2D eigenvalue weighted by Crippen LogP contribution is -2.38. The maximum Gasteiger partial charge on any atom is 0.243 e. The van der Waals surface area contributed by atoms with Gasteiger partial charge < -0.3 is 0 Å². The predicted molar refractivity (Wildman–Crippen MR) is 77.4 cm³/mol. The summed E-state index contributed by atoms with van der Waals surface area (Å²) in [6.45, 7) is 0.470. The largest absolute Gasteiger partial charge is 0.243 e. The van der Waals surface area contributed by atoms with Crippen molar-refractivity contribution in [3.05, 3.63) is 29.6 Å². The normalized spacial score (nSPS) is 15.1. The van der Waals surface area contributed by atoms with Crippen LogP contribution in [0.3, 0.4) is 0 Å². The molecule has 2 rings (SSSR count). The Morgan fingerprint density at radius 2 is 2.05 bits per heavy atom. The van der Waals surface area contributed by atoms with Crippen LogP contribution < -0.4 is 0 Å². The van der Waals surface area contributed by atoms with Crippen molar-refractivity contribution in [3.63, 3.8) is 0 Å². The number of nitrogens with zero attached hydrogens (tertiary/aromatic N) is 3. The fraction of sp³-hybridized carbons (Fsp3) is 0.467. The quantitative estimate of drug-likeness (QED) is 0.805. The van der Waals surface area contributed by atoms with E-state index in [2.05, 4.69) is 0 Å². The Labute approximate surface area is 129 Å². The lowest BCUT2D eigenvalue weighted by atomic mass is 9.85. The van der Waals surface area contributed by atoms with Crippen molar-refractivity contribution in [1.29, 1.82) is 10.5 Å². The van der Waals surface area contributed by atoms with Gasteiger partial charge in [-0.15, -0.1) is 0 Å². The van der Waals surface area contributed by atoms with Crippen molar-refractivity contribution < 1.29 is 12.8 Å². The van der Waals surface area contributed by atoms with Crippen LogP contribution in [0.2, 0.25) is 0 Å². The van der Waals surface area contributed by atoms with Crippen molar-refractivity contribution in [3.8, 4) is 12.1 Å². The molecule has 0 amide bonds. The lowest BCUT2D eigenvalue weighted by Gasteiger charge is -2.31. The Balaban J connectivity index is 2.31. The van der Waals surface area contributed by atoms with Crippen molar-refractivity contribution in [2.24, 2.45) is 5.92 Å². The third-order valence-corrected chi connectivity index (χ3v) is 5.72. The molecule has 0 aromatic heterocycles. The number of hydrogen-bond acceptors (Lipinski definition) is 4. The summed E-state index contributed by atoms with van der Waals surface area (Å²) in [5.74, 6) is -0.437. The summed E-state index contributed by atoms with van der Waals surface area (Å²) < 4.78 is 40.0. The summed E-state index contributed by atoms with van der Waals surface area (Å²) in [5.41, 5.74) is -0.301. The highest BCUT2D eigenvalue weighted by Crippen LogP contribution is 2.29. The van der Waals surface area contributed by atoms with Crippen LogP contribution in [0.1, 0.15) is 31.2 Å². The first kappa shape index (κ1) is 16.4. The molecular weight excluding hydrogens is 305 g/mol. The number of nitriles is 2. The van der Waals surface area contributed by atoms with Gasteiger partial charge in [-0.1, -0.05) is 6.42 Å². The predicted octanol–water partition coefficient (Wildman–Crippen LogP) is 2.40. The third kappa shape index (κ3) is 3.44. The van der Waals surface area contributed by atoms with E-state index in [9.17, 15) is 12.8 Å². The van der Waals surface area contributed by atoms with E-state index in [4.69, 9.17) is 10.5 Å². The number of sulfonamides is 1. The van der Waals surface area contributed by atoms with Crippen LogP contribution in [0, 0.1) is 34.4 Å². The van der Waals surface area contributed by atoms with E-state index in [0.717, 1.165) is 37.5 Å². The highest BCUT2D eigenvalue weighted by atomic mass is 32.2. The summed E-state index contributed by atoms with van der Waals surface area (Å²) in [6, 6.07) is 6.78. The second-order valence-corrected chi connectivity index (χ2v) is 7.26. The van der Waals surface area contributed by atoms with Gasteiger partial charge in [-0.25, -0.2) is 12.8 Å². The maximum atomic E-state index is 13.4. The average Bonchev–Trinajstić information content (AvgIpc) is 2.45. The summed E-state index contributed by atoms with van der Waals surface area (Å²) in [5, 5.41) is 17.6. The lowest BCUT2D eigenvalue weighted by molar-refractivity contribution is 0.247. The van der Waals surface area contributed by atoms with Crippen molar-refractivity contribution >= 4 is 10.0 Å². The molecule has 0 heterocycles. The van der Waals surface area contributed by atoms with Crippen LogP contribution in [-0.2, 0) is 10.0 Å². The summed E-state index contributed by atoms with van der Waals surface area (Å²) in [6.07, 6.45) is 3.14. The molecule has 1 aliphatic carbocycles. The second kappa shape index (κ2) is 6.87. The smallest absolute Gasteiger partial charge is 0.207 e.